The molecule has 0 aliphatic carbocycles. The van der Waals surface area contributed by atoms with Crippen molar-refractivity contribution < 1.29 is 9.45 Å². The molecule has 0 aliphatic heterocycles. The summed E-state index contributed by atoms with van der Waals surface area (Å²) in [5.74, 6) is -0.444. The van der Waals surface area contributed by atoms with Gasteiger partial charge in [0.1, 0.15) is 0 Å². The van der Waals surface area contributed by atoms with Gasteiger partial charge in [0, 0.05) is 0 Å². The molecule has 0 fully saturated rings. The van der Waals surface area contributed by atoms with Crippen LogP contribution in [0, 0.1) is 0 Å². The third kappa shape index (κ3) is 5.45. The number of primary amides is 1. The van der Waals surface area contributed by atoms with E-state index in [1.54, 1.807) is 7.05 Å². The van der Waals surface area contributed by atoms with Crippen LogP contribution in [0.1, 0.15) is 0 Å². The van der Waals surface area contributed by atoms with E-state index in [9.17, 15) is 4.79 Å². The molecule has 0 aliphatic rings. The summed E-state index contributed by atoms with van der Waals surface area (Å²) in [5, 5.41) is 2.69. The Morgan fingerprint density at radius 2 is 2.62 bits per heavy atom. The molecule has 4 nitrogen and oxygen atoms in total. The molecule has 0 bridgehead atoms. The molecular formula is C3H9BN2O2. The minimum absolute atomic E-state index is 0.0131. The highest BCUT2D eigenvalue weighted by atomic mass is 16.4. The van der Waals surface area contributed by atoms with Crippen LogP contribution in [-0.4, -0.2) is 27.1 Å². The molecular weight excluding hydrogens is 107 g/mol. The fourth-order valence-corrected chi connectivity index (χ4v) is 0.254. The summed E-state index contributed by atoms with van der Waals surface area (Å²) in [6.07, 6.45) is 0. The van der Waals surface area contributed by atoms with Crippen LogP contribution in [0.2, 0.25) is 0 Å². The van der Waals surface area contributed by atoms with Crippen molar-refractivity contribution in [3.05, 3.63) is 0 Å². The summed E-state index contributed by atoms with van der Waals surface area (Å²) >= 11 is 0. The van der Waals surface area contributed by atoms with Gasteiger partial charge >= 0.3 is 7.48 Å². The zero-order valence-electron chi connectivity index (χ0n) is 4.81. The molecule has 0 saturated carbocycles. The average molecular weight is 116 g/mol. The monoisotopic (exact) mass is 116 g/mol. The van der Waals surface area contributed by atoms with Crippen LogP contribution in [0.15, 0.2) is 0 Å². The smallest absolute Gasteiger partial charge is 0.380 e. The topological polar surface area (TPSA) is 64.3 Å². The highest BCUT2D eigenvalue weighted by molar-refractivity contribution is 6.68. The molecule has 5 heteroatoms. The standard InChI is InChI=1S/C3H9BN2O2/c1-6-2-8-4-3(5)7/h4,6H,2H2,1H3,(H2,5,7). The van der Waals surface area contributed by atoms with E-state index in [0.717, 1.165) is 0 Å². The number of rotatable bonds is 4. The van der Waals surface area contributed by atoms with E-state index in [4.69, 9.17) is 5.73 Å². The maximum absolute atomic E-state index is 9.94. The van der Waals surface area contributed by atoms with E-state index in [1.807, 2.05) is 0 Å². The molecule has 0 aromatic heterocycles. The normalized spacial score (nSPS) is 8.62. The fraction of sp³-hybridized carbons (Fsp3) is 0.667. The second-order valence-corrected chi connectivity index (χ2v) is 1.31. The first kappa shape index (κ1) is 7.45. The van der Waals surface area contributed by atoms with Crippen LogP contribution in [0.5, 0.6) is 0 Å². The van der Waals surface area contributed by atoms with Crippen molar-refractivity contribution in [1.82, 2.24) is 5.32 Å². The van der Waals surface area contributed by atoms with Gasteiger partial charge in [-0.25, -0.2) is 0 Å². The summed E-state index contributed by atoms with van der Waals surface area (Å²) in [6.45, 7) is 0.364. The molecule has 0 aromatic rings. The number of carbonyl (C=O) groups is 1. The number of nitrogens with one attached hydrogen (secondary N) is 1. The van der Waals surface area contributed by atoms with Gasteiger partial charge in [-0.1, -0.05) is 0 Å². The Labute approximate surface area is 48.7 Å². The van der Waals surface area contributed by atoms with Gasteiger partial charge in [-0.2, -0.15) is 0 Å². The van der Waals surface area contributed by atoms with Crippen molar-refractivity contribution in [2.45, 2.75) is 0 Å². The van der Waals surface area contributed by atoms with Crippen LogP contribution in [0.4, 0.5) is 4.79 Å². The lowest BCUT2D eigenvalue weighted by atomic mass is 10.0. The molecule has 0 atom stereocenters. The van der Waals surface area contributed by atoms with Gasteiger partial charge in [-0.3, -0.25) is 10.1 Å². The largest absolute Gasteiger partial charge is 0.417 e. The average Bonchev–Trinajstić information content (AvgIpc) is 1.66. The van der Waals surface area contributed by atoms with E-state index in [-0.39, 0.29) is 7.48 Å². The molecule has 0 spiro atoms. The van der Waals surface area contributed by atoms with E-state index < -0.39 is 5.81 Å². The first-order valence-electron chi connectivity index (χ1n) is 2.28. The van der Waals surface area contributed by atoms with Gasteiger partial charge in [-0.15, -0.1) is 0 Å². The van der Waals surface area contributed by atoms with E-state index in [1.165, 1.54) is 0 Å². The zero-order valence-corrected chi connectivity index (χ0v) is 4.81. The number of hydrogen-bond donors (Lipinski definition) is 2. The number of nitrogens with two attached hydrogens (primary N) is 1. The predicted molar refractivity (Wildman–Crippen MR) is 31.7 cm³/mol. The minimum Gasteiger partial charge on any atom is -0.417 e. The lowest BCUT2D eigenvalue weighted by molar-refractivity contribution is 0.256. The summed E-state index contributed by atoms with van der Waals surface area (Å²) in [7, 11) is 1.71. The van der Waals surface area contributed by atoms with Gasteiger partial charge in [0.15, 0.2) is 0 Å². The molecule has 8 heavy (non-hydrogen) atoms. The number of amides is 1. The second-order valence-electron chi connectivity index (χ2n) is 1.31. The lowest BCUT2D eigenvalue weighted by Crippen LogP contribution is -2.24. The maximum atomic E-state index is 9.94. The van der Waals surface area contributed by atoms with Gasteiger partial charge in [0.05, 0.1) is 6.73 Å². The summed E-state index contributed by atoms with van der Waals surface area (Å²) in [4.78, 5) is 9.94. The zero-order chi connectivity index (χ0) is 6.41. The highest BCUT2D eigenvalue weighted by Gasteiger charge is 1.94. The van der Waals surface area contributed by atoms with Crippen molar-refractivity contribution >= 4 is 13.3 Å². The Morgan fingerprint density at radius 3 is 3.00 bits per heavy atom. The first-order valence-corrected chi connectivity index (χ1v) is 2.28. The Kier molecular flexibility index (Phi) is 4.30. The first-order chi connectivity index (χ1) is 3.77. The van der Waals surface area contributed by atoms with Crippen LogP contribution in [0.25, 0.3) is 0 Å². The van der Waals surface area contributed by atoms with Gasteiger partial charge < -0.3 is 10.4 Å². The molecule has 0 heterocycles. The molecule has 0 aromatic carbocycles. The van der Waals surface area contributed by atoms with Crippen LogP contribution >= 0.6 is 0 Å². The van der Waals surface area contributed by atoms with E-state index in [2.05, 4.69) is 9.97 Å². The minimum atomic E-state index is -0.444. The van der Waals surface area contributed by atoms with Gasteiger partial charge in [-0.05, 0) is 7.05 Å². The van der Waals surface area contributed by atoms with E-state index >= 15 is 0 Å². The summed E-state index contributed by atoms with van der Waals surface area (Å²) < 4.78 is 4.66. The molecule has 0 saturated heterocycles. The molecule has 46 valence electrons. The van der Waals surface area contributed by atoms with Crippen molar-refractivity contribution in [3.8, 4) is 0 Å². The molecule has 0 unspecified atom stereocenters. The molecule has 3 N–H and O–H groups in total. The summed E-state index contributed by atoms with van der Waals surface area (Å²) in [5.41, 5.74) is 4.74. The van der Waals surface area contributed by atoms with Crippen molar-refractivity contribution in [2.75, 3.05) is 13.8 Å². The van der Waals surface area contributed by atoms with Crippen LogP contribution in [-0.2, 0) is 4.65 Å². The van der Waals surface area contributed by atoms with Gasteiger partial charge in [0.2, 0.25) is 5.81 Å². The molecule has 1 amide bonds. The van der Waals surface area contributed by atoms with Crippen molar-refractivity contribution in [3.63, 3.8) is 0 Å². The Hall–Kier alpha value is -0.545. The van der Waals surface area contributed by atoms with Crippen LogP contribution < -0.4 is 11.1 Å². The SMILES string of the molecule is CNCOBC(N)=O. The lowest BCUT2D eigenvalue weighted by Gasteiger charge is -1.95. The molecule has 0 rings (SSSR count). The maximum Gasteiger partial charge on any atom is 0.380 e. The fourth-order valence-electron chi connectivity index (χ4n) is 0.254. The second kappa shape index (κ2) is 4.61. The third-order valence-electron chi connectivity index (χ3n) is 0.491. The third-order valence-corrected chi connectivity index (χ3v) is 0.491. The quantitative estimate of drug-likeness (QED) is 0.270. The van der Waals surface area contributed by atoms with Crippen molar-refractivity contribution in [2.24, 2.45) is 5.73 Å². The Balaban J connectivity index is 2.82. The highest BCUT2D eigenvalue weighted by Crippen LogP contribution is 1.63. The van der Waals surface area contributed by atoms with Crippen molar-refractivity contribution in [1.29, 1.82) is 0 Å². The Morgan fingerprint density at radius 1 is 2.00 bits per heavy atom. The van der Waals surface area contributed by atoms with Crippen LogP contribution in [0.3, 0.4) is 0 Å². The summed E-state index contributed by atoms with van der Waals surface area (Å²) in [6, 6.07) is 0. The van der Waals surface area contributed by atoms with E-state index in [0.29, 0.717) is 6.73 Å². The number of carbonyl (C=O) groups excluding carboxylic acids is 1. The van der Waals surface area contributed by atoms with Gasteiger partial charge in [0.25, 0.3) is 0 Å². The molecule has 0 radical (unpaired) electrons. The Bertz CT molecular complexity index is 77.7. The predicted octanol–water partition coefficient (Wildman–Crippen LogP) is -1.39. The number of hydrogen-bond acceptors (Lipinski definition) is 3.